The Morgan fingerprint density at radius 1 is 1.24 bits per heavy atom. The zero-order chi connectivity index (χ0) is 26.8. The number of aryl methyl sites for hydroxylation is 1. The predicted octanol–water partition coefficient (Wildman–Crippen LogP) is 6.71. The number of hydrogen-bond donors (Lipinski definition) is 1. The lowest BCUT2D eigenvalue weighted by atomic mass is 9.88. The standard InChI is InChI=1S/C28H30N4O3S3/c1-5-32-25(20-14-36-21-13-16(2)11-12-19(20)21)30-31-28(32)37-15-22(33)29-26-24(27(34)35-4)23(17(3)38-26)18-9-7-6-8-10-18/h6-10,14,16H,5,11-13,15H2,1-4H3,(H,29,33). The third-order valence-corrected chi connectivity index (χ3v) is 9.84. The first-order valence-corrected chi connectivity index (χ1v) is 15.3. The number of carbonyl (C=O) groups excluding carboxylic acids is 2. The number of thioether (sulfide) groups is 1. The second kappa shape index (κ2) is 11.4. The molecule has 4 aromatic rings. The highest BCUT2D eigenvalue weighted by Crippen LogP contribution is 2.41. The minimum atomic E-state index is -0.472. The second-order valence-corrected chi connectivity index (χ2v) is 12.5. The number of amides is 1. The normalized spacial score (nSPS) is 14.8. The summed E-state index contributed by atoms with van der Waals surface area (Å²) in [5.74, 6) is 1.06. The maximum Gasteiger partial charge on any atom is 0.341 e. The molecule has 5 rings (SSSR count). The number of fused-ring (bicyclic) bond motifs is 1. The first-order chi connectivity index (χ1) is 18.4. The van der Waals surface area contributed by atoms with Gasteiger partial charge in [0.2, 0.25) is 5.91 Å². The SMILES string of the molecule is CCn1c(SCC(=O)Nc2sc(C)c(-c3ccccc3)c2C(=O)OC)nnc1-c1csc2c1CCC(C)C2. The molecule has 3 heterocycles. The fourth-order valence-corrected chi connectivity index (χ4v) is 8.05. The predicted molar refractivity (Wildman–Crippen MR) is 155 cm³/mol. The van der Waals surface area contributed by atoms with Crippen LogP contribution in [-0.2, 0) is 28.9 Å². The van der Waals surface area contributed by atoms with E-state index in [4.69, 9.17) is 4.74 Å². The largest absolute Gasteiger partial charge is 0.465 e. The van der Waals surface area contributed by atoms with Crippen LogP contribution in [0.1, 0.15) is 45.9 Å². The van der Waals surface area contributed by atoms with Crippen LogP contribution in [0.2, 0.25) is 0 Å². The van der Waals surface area contributed by atoms with Gasteiger partial charge in [-0.3, -0.25) is 4.79 Å². The molecule has 198 valence electrons. The monoisotopic (exact) mass is 566 g/mol. The van der Waals surface area contributed by atoms with Crippen LogP contribution in [0.5, 0.6) is 0 Å². The summed E-state index contributed by atoms with van der Waals surface area (Å²) in [6.07, 6.45) is 3.40. The molecule has 3 aromatic heterocycles. The third-order valence-electron chi connectivity index (χ3n) is 6.80. The van der Waals surface area contributed by atoms with E-state index in [0.717, 1.165) is 40.6 Å². The van der Waals surface area contributed by atoms with E-state index in [1.807, 2.05) is 48.6 Å². The molecule has 1 aromatic carbocycles. The van der Waals surface area contributed by atoms with Crippen molar-refractivity contribution in [2.45, 2.75) is 51.7 Å². The smallest absolute Gasteiger partial charge is 0.341 e. The Balaban J connectivity index is 1.34. The van der Waals surface area contributed by atoms with E-state index in [2.05, 4.69) is 39.3 Å². The minimum absolute atomic E-state index is 0.148. The Morgan fingerprint density at radius 2 is 2.03 bits per heavy atom. The van der Waals surface area contributed by atoms with Crippen LogP contribution < -0.4 is 5.32 Å². The summed E-state index contributed by atoms with van der Waals surface area (Å²) in [5.41, 5.74) is 4.66. The Morgan fingerprint density at radius 3 is 2.76 bits per heavy atom. The highest BCUT2D eigenvalue weighted by atomic mass is 32.2. The lowest BCUT2D eigenvalue weighted by molar-refractivity contribution is -0.113. The quantitative estimate of drug-likeness (QED) is 0.189. The van der Waals surface area contributed by atoms with Gasteiger partial charge in [-0.25, -0.2) is 4.79 Å². The number of esters is 1. The van der Waals surface area contributed by atoms with E-state index in [1.54, 1.807) is 0 Å². The molecule has 1 aliphatic rings. The number of thiophene rings is 2. The van der Waals surface area contributed by atoms with Crippen molar-refractivity contribution in [2.24, 2.45) is 5.92 Å². The zero-order valence-corrected chi connectivity index (χ0v) is 24.3. The van der Waals surface area contributed by atoms with E-state index in [9.17, 15) is 9.59 Å². The molecule has 0 fully saturated rings. The molecule has 0 saturated carbocycles. The van der Waals surface area contributed by atoms with Gasteiger partial charge in [-0.05, 0) is 50.2 Å². The average molecular weight is 567 g/mol. The van der Waals surface area contributed by atoms with Crippen LogP contribution in [0.4, 0.5) is 5.00 Å². The van der Waals surface area contributed by atoms with Gasteiger partial charge in [0.1, 0.15) is 10.6 Å². The molecular formula is C28H30N4O3S3. The molecule has 0 saturated heterocycles. The molecule has 7 nitrogen and oxygen atoms in total. The Hall–Kier alpha value is -2.95. The molecule has 1 N–H and O–H groups in total. The van der Waals surface area contributed by atoms with Crippen molar-refractivity contribution in [1.82, 2.24) is 14.8 Å². The van der Waals surface area contributed by atoms with Crippen molar-refractivity contribution in [3.05, 3.63) is 56.6 Å². The topological polar surface area (TPSA) is 86.1 Å². The molecule has 0 spiro atoms. The van der Waals surface area contributed by atoms with E-state index >= 15 is 0 Å². The highest BCUT2D eigenvalue weighted by Gasteiger charge is 2.26. The van der Waals surface area contributed by atoms with Crippen LogP contribution in [-0.4, -0.2) is 39.5 Å². The molecule has 1 unspecified atom stereocenters. The first-order valence-electron chi connectivity index (χ1n) is 12.6. The summed E-state index contributed by atoms with van der Waals surface area (Å²) in [7, 11) is 1.35. The molecule has 1 atom stereocenters. The minimum Gasteiger partial charge on any atom is -0.465 e. The van der Waals surface area contributed by atoms with Gasteiger partial charge < -0.3 is 14.6 Å². The summed E-state index contributed by atoms with van der Waals surface area (Å²) >= 11 is 4.55. The van der Waals surface area contributed by atoms with Gasteiger partial charge in [0.05, 0.1) is 12.9 Å². The van der Waals surface area contributed by atoms with Crippen LogP contribution >= 0.6 is 34.4 Å². The molecule has 0 aliphatic heterocycles. The van der Waals surface area contributed by atoms with Crippen molar-refractivity contribution < 1.29 is 14.3 Å². The molecule has 10 heteroatoms. The van der Waals surface area contributed by atoms with Gasteiger partial charge in [-0.2, -0.15) is 0 Å². The van der Waals surface area contributed by atoms with E-state index in [0.29, 0.717) is 22.3 Å². The lowest BCUT2D eigenvalue weighted by Crippen LogP contribution is -2.16. The average Bonchev–Trinajstić information content (AvgIpc) is 3.61. The van der Waals surface area contributed by atoms with Gasteiger partial charge in [0.15, 0.2) is 11.0 Å². The summed E-state index contributed by atoms with van der Waals surface area (Å²) in [6.45, 7) is 7.04. The maximum absolute atomic E-state index is 13.0. The molecule has 1 amide bonds. The fourth-order valence-electron chi connectivity index (χ4n) is 4.92. The van der Waals surface area contributed by atoms with Crippen LogP contribution in [0.25, 0.3) is 22.5 Å². The maximum atomic E-state index is 13.0. The van der Waals surface area contributed by atoms with Crippen molar-refractivity contribution in [1.29, 1.82) is 0 Å². The third kappa shape index (κ3) is 5.17. The van der Waals surface area contributed by atoms with E-state index in [1.165, 1.54) is 52.6 Å². The summed E-state index contributed by atoms with van der Waals surface area (Å²) in [6, 6.07) is 9.67. The molecule has 0 bridgehead atoms. The number of methoxy groups -OCH3 is 1. The number of rotatable bonds is 8. The van der Waals surface area contributed by atoms with E-state index in [-0.39, 0.29) is 11.7 Å². The molecule has 1 aliphatic carbocycles. The van der Waals surface area contributed by atoms with Crippen LogP contribution in [0, 0.1) is 12.8 Å². The van der Waals surface area contributed by atoms with Gasteiger partial charge in [0.25, 0.3) is 0 Å². The fraction of sp³-hybridized carbons (Fsp3) is 0.357. The van der Waals surface area contributed by atoms with Crippen molar-refractivity contribution >= 4 is 51.3 Å². The van der Waals surface area contributed by atoms with Gasteiger partial charge >= 0.3 is 5.97 Å². The van der Waals surface area contributed by atoms with Gasteiger partial charge in [-0.15, -0.1) is 32.9 Å². The van der Waals surface area contributed by atoms with Crippen molar-refractivity contribution in [3.8, 4) is 22.5 Å². The molecular weight excluding hydrogens is 537 g/mol. The molecule has 38 heavy (non-hydrogen) atoms. The zero-order valence-electron chi connectivity index (χ0n) is 21.9. The Labute approximate surface area is 234 Å². The number of benzene rings is 1. The number of carbonyl (C=O) groups is 2. The summed E-state index contributed by atoms with van der Waals surface area (Å²) < 4.78 is 7.15. The first kappa shape index (κ1) is 26.6. The number of nitrogens with zero attached hydrogens (tertiary/aromatic N) is 3. The lowest BCUT2D eigenvalue weighted by Gasteiger charge is -2.19. The van der Waals surface area contributed by atoms with Crippen LogP contribution in [0.15, 0.2) is 40.9 Å². The highest BCUT2D eigenvalue weighted by molar-refractivity contribution is 7.99. The Kier molecular flexibility index (Phi) is 8.01. The number of hydrogen-bond acceptors (Lipinski definition) is 8. The van der Waals surface area contributed by atoms with Gasteiger partial charge in [0, 0.05) is 32.8 Å². The van der Waals surface area contributed by atoms with E-state index < -0.39 is 5.97 Å². The van der Waals surface area contributed by atoms with Crippen molar-refractivity contribution in [2.75, 3.05) is 18.2 Å². The van der Waals surface area contributed by atoms with Gasteiger partial charge in [-0.1, -0.05) is 49.0 Å². The summed E-state index contributed by atoms with van der Waals surface area (Å²) in [4.78, 5) is 28.2. The number of nitrogens with one attached hydrogen (secondary N) is 1. The second-order valence-electron chi connectivity index (χ2n) is 9.38. The van der Waals surface area contributed by atoms with Crippen LogP contribution in [0.3, 0.4) is 0 Å². The number of anilines is 1. The summed E-state index contributed by atoms with van der Waals surface area (Å²) in [5, 5.41) is 15.3. The number of ether oxygens (including phenoxy) is 1. The Bertz CT molecular complexity index is 1470. The van der Waals surface area contributed by atoms with Crippen molar-refractivity contribution in [3.63, 3.8) is 0 Å². The molecule has 0 radical (unpaired) electrons. The number of aromatic nitrogens is 3.